The van der Waals surface area contributed by atoms with Crippen LogP contribution in [0.1, 0.15) is 45.2 Å². The highest BCUT2D eigenvalue weighted by Crippen LogP contribution is 2.21. The summed E-state index contributed by atoms with van der Waals surface area (Å²) in [6, 6.07) is 10.3. The molecule has 1 N–H and O–H groups in total. The molecule has 0 spiro atoms. The molecule has 2 amide bonds. The molecule has 0 aliphatic carbocycles. The van der Waals surface area contributed by atoms with Gasteiger partial charge in [-0.1, -0.05) is 30.7 Å². The number of aryl methyl sites for hydroxylation is 1. The topological polar surface area (TPSA) is 58.6 Å². The van der Waals surface area contributed by atoms with Crippen molar-refractivity contribution in [2.45, 2.75) is 59.2 Å². The molecule has 1 unspecified atom stereocenters. The molecule has 0 heterocycles. The first-order valence-electron chi connectivity index (χ1n) is 10.2. The summed E-state index contributed by atoms with van der Waals surface area (Å²) in [6.07, 6.45) is 0.425. The van der Waals surface area contributed by atoms with Gasteiger partial charge in [-0.05, 0) is 75.6 Å². The van der Waals surface area contributed by atoms with Gasteiger partial charge in [0.2, 0.25) is 5.91 Å². The highest BCUT2D eigenvalue weighted by atomic mass is 35.5. The lowest BCUT2D eigenvalue weighted by molar-refractivity contribution is -0.143. The van der Waals surface area contributed by atoms with Crippen molar-refractivity contribution in [3.8, 4) is 5.75 Å². The number of nitrogens with one attached hydrogen (secondary N) is 1. The maximum atomic E-state index is 13.3. The van der Waals surface area contributed by atoms with Crippen molar-refractivity contribution in [3.05, 3.63) is 64.4 Å². The molecule has 0 radical (unpaired) electrons. The Morgan fingerprint density at radius 1 is 1.16 bits per heavy atom. The molecule has 2 rings (SSSR count). The number of carbonyl (C=O) groups excluding carboxylic acids is 2. The molecule has 0 aromatic heterocycles. The van der Waals surface area contributed by atoms with Crippen LogP contribution in [0.25, 0.3) is 0 Å². The number of halogens is 2. The van der Waals surface area contributed by atoms with Crippen LogP contribution in [0.3, 0.4) is 0 Å². The largest absolute Gasteiger partial charge is 0.484 e. The van der Waals surface area contributed by atoms with E-state index in [2.05, 4.69) is 5.32 Å². The molecule has 31 heavy (non-hydrogen) atoms. The van der Waals surface area contributed by atoms with E-state index in [0.717, 1.165) is 11.1 Å². The average molecular weight is 449 g/mol. The van der Waals surface area contributed by atoms with Gasteiger partial charge < -0.3 is 15.0 Å². The molecule has 5 nitrogen and oxygen atoms in total. The highest BCUT2D eigenvalue weighted by molar-refractivity contribution is 6.31. The van der Waals surface area contributed by atoms with E-state index in [9.17, 15) is 14.0 Å². The molecule has 0 saturated carbocycles. The predicted molar refractivity (Wildman–Crippen MR) is 121 cm³/mol. The minimum absolute atomic E-state index is 0.165. The summed E-state index contributed by atoms with van der Waals surface area (Å²) in [6.45, 7) is 9.28. The zero-order chi connectivity index (χ0) is 23.2. The monoisotopic (exact) mass is 448 g/mol. The maximum Gasteiger partial charge on any atom is 0.261 e. The zero-order valence-corrected chi connectivity index (χ0v) is 19.4. The van der Waals surface area contributed by atoms with Gasteiger partial charge in [-0.15, -0.1) is 0 Å². The molecular weight excluding hydrogens is 419 g/mol. The van der Waals surface area contributed by atoms with Crippen molar-refractivity contribution in [1.29, 1.82) is 0 Å². The Hall–Kier alpha value is -2.60. The van der Waals surface area contributed by atoms with Crippen LogP contribution in [-0.4, -0.2) is 34.9 Å². The third-order valence-electron chi connectivity index (χ3n) is 4.64. The summed E-state index contributed by atoms with van der Waals surface area (Å²) in [7, 11) is 0. The molecule has 7 heteroatoms. The van der Waals surface area contributed by atoms with E-state index in [1.165, 1.54) is 17.0 Å². The van der Waals surface area contributed by atoms with Gasteiger partial charge in [0, 0.05) is 17.1 Å². The molecule has 0 bridgehead atoms. The van der Waals surface area contributed by atoms with Crippen molar-refractivity contribution < 1.29 is 18.7 Å². The summed E-state index contributed by atoms with van der Waals surface area (Å²) in [4.78, 5) is 27.5. The zero-order valence-electron chi connectivity index (χ0n) is 18.7. The number of ether oxygens (including phenoxy) is 1. The first-order chi connectivity index (χ1) is 14.5. The predicted octanol–water partition coefficient (Wildman–Crippen LogP) is 4.89. The van der Waals surface area contributed by atoms with E-state index in [0.29, 0.717) is 17.2 Å². The van der Waals surface area contributed by atoms with Crippen LogP contribution in [-0.2, 0) is 16.1 Å². The molecule has 0 saturated heterocycles. The van der Waals surface area contributed by atoms with E-state index >= 15 is 0 Å². The van der Waals surface area contributed by atoms with E-state index in [-0.39, 0.29) is 30.8 Å². The van der Waals surface area contributed by atoms with Crippen LogP contribution in [0.15, 0.2) is 42.5 Å². The van der Waals surface area contributed by atoms with Crippen molar-refractivity contribution in [2.24, 2.45) is 0 Å². The van der Waals surface area contributed by atoms with Crippen molar-refractivity contribution in [3.63, 3.8) is 0 Å². The standard InChI is InChI=1S/C24H30ClFN2O3/c1-6-21(23(30)27-24(3,4)5)28(14-17-7-9-18(26)10-8-17)22(29)15-31-19-11-12-20(25)16(2)13-19/h7-13,21H,6,14-15H2,1-5H3,(H,27,30). The Bertz CT molecular complexity index is 910. The summed E-state index contributed by atoms with van der Waals surface area (Å²) in [5.41, 5.74) is 1.12. The van der Waals surface area contributed by atoms with E-state index < -0.39 is 11.6 Å². The second-order valence-electron chi connectivity index (χ2n) is 8.51. The molecule has 0 fully saturated rings. The Morgan fingerprint density at radius 3 is 2.35 bits per heavy atom. The number of hydrogen-bond donors (Lipinski definition) is 1. The lowest BCUT2D eigenvalue weighted by Gasteiger charge is -2.33. The van der Waals surface area contributed by atoms with Crippen LogP contribution in [0.4, 0.5) is 4.39 Å². The third kappa shape index (κ3) is 7.55. The normalized spacial score (nSPS) is 12.2. The van der Waals surface area contributed by atoms with Crippen LogP contribution >= 0.6 is 11.6 Å². The Balaban J connectivity index is 2.23. The number of nitrogens with zero attached hydrogens (tertiary/aromatic N) is 1. The average Bonchev–Trinajstić information content (AvgIpc) is 2.68. The number of amides is 2. The molecule has 2 aromatic rings. The van der Waals surface area contributed by atoms with Gasteiger partial charge in [0.25, 0.3) is 5.91 Å². The van der Waals surface area contributed by atoms with Gasteiger partial charge in [0.1, 0.15) is 17.6 Å². The second kappa shape index (κ2) is 10.6. The summed E-state index contributed by atoms with van der Waals surface area (Å²) in [5, 5.41) is 3.55. The fraction of sp³-hybridized carbons (Fsp3) is 0.417. The summed E-state index contributed by atoms with van der Waals surface area (Å²) >= 11 is 6.04. The number of rotatable bonds is 8. The molecule has 2 aromatic carbocycles. The quantitative estimate of drug-likeness (QED) is 0.625. The lowest BCUT2D eigenvalue weighted by Crippen LogP contribution is -2.54. The van der Waals surface area contributed by atoms with Gasteiger partial charge in [-0.25, -0.2) is 4.39 Å². The van der Waals surface area contributed by atoms with Crippen LogP contribution in [0.2, 0.25) is 5.02 Å². The van der Waals surface area contributed by atoms with Gasteiger partial charge in [-0.3, -0.25) is 9.59 Å². The van der Waals surface area contributed by atoms with Gasteiger partial charge in [0.15, 0.2) is 6.61 Å². The Labute approximate surface area is 188 Å². The smallest absolute Gasteiger partial charge is 0.261 e. The Kier molecular flexibility index (Phi) is 8.45. The van der Waals surface area contributed by atoms with E-state index in [1.54, 1.807) is 30.3 Å². The minimum atomic E-state index is -0.688. The van der Waals surface area contributed by atoms with Crippen LogP contribution in [0, 0.1) is 12.7 Å². The van der Waals surface area contributed by atoms with Crippen molar-refractivity contribution >= 4 is 23.4 Å². The lowest BCUT2D eigenvalue weighted by atomic mass is 10.1. The van der Waals surface area contributed by atoms with Crippen LogP contribution in [0.5, 0.6) is 5.75 Å². The third-order valence-corrected chi connectivity index (χ3v) is 5.07. The molecule has 0 aliphatic heterocycles. The SMILES string of the molecule is CCC(C(=O)NC(C)(C)C)N(Cc1ccc(F)cc1)C(=O)COc1ccc(Cl)c(C)c1. The van der Waals surface area contributed by atoms with Crippen molar-refractivity contribution in [1.82, 2.24) is 10.2 Å². The Morgan fingerprint density at radius 2 is 1.81 bits per heavy atom. The number of benzene rings is 2. The van der Waals surface area contributed by atoms with Crippen LogP contribution < -0.4 is 10.1 Å². The highest BCUT2D eigenvalue weighted by Gasteiger charge is 2.30. The fourth-order valence-electron chi connectivity index (χ4n) is 3.09. The van der Waals surface area contributed by atoms with E-state index in [4.69, 9.17) is 16.3 Å². The minimum Gasteiger partial charge on any atom is -0.484 e. The van der Waals surface area contributed by atoms with Crippen molar-refractivity contribution in [2.75, 3.05) is 6.61 Å². The first-order valence-corrected chi connectivity index (χ1v) is 10.6. The maximum absolute atomic E-state index is 13.3. The second-order valence-corrected chi connectivity index (χ2v) is 8.92. The number of carbonyl (C=O) groups is 2. The molecule has 0 aliphatic rings. The summed E-state index contributed by atoms with van der Waals surface area (Å²) < 4.78 is 19.0. The first kappa shape index (κ1) is 24.7. The van der Waals surface area contributed by atoms with Gasteiger partial charge in [-0.2, -0.15) is 0 Å². The molecule has 168 valence electrons. The van der Waals surface area contributed by atoms with Gasteiger partial charge >= 0.3 is 0 Å². The molecule has 1 atom stereocenters. The molecular formula is C24H30ClFN2O3. The fourth-order valence-corrected chi connectivity index (χ4v) is 3.21. The van der Waals surface area contributed by atoms with Gasteiger partial charge in [0.05, 0.1) is 0 Å². The summed E-state index contributed by atoms with van der Waals surface area (Å²) in [5.74, 6) is -0.426. The van der Waals surface area contributed by atoms with E-state index in [1.807, 2.05) is 34.6 Å². The number of hydrogen-bond acceptors (Lipinski definition) is 3.